The minimum absolute atomic E-state index is 0.0226. The van der Waals surface area contributed by atoms with Crippen LogP contribution in [0, 0.1) is 0 Å². The monoisotopic (exact) mass is 504 g/mol. The Balaban J connectivity index is 0.000000201. The molecular formula is C26H34F2N4O4. The van der Waals surface area contributed by atoms with Crippen molar-refractivity contribution in [3.05, 3.63) is 71.8 Å². The predicted octanol–water partition coefficient (Wildman–Crippen LogP) is 3.39. The van der Waals surface area contributed by atoms with E-state index in [1.165, 1.54) is 9.80 Å². The third-order valence-electron chi connectivity index (χ3n) is 6.11. The molecule has 2 amide bonds. The van der Waals surface area contributed by atoms with Crippen LogP contribution >= 0.6 is 0 Å². The summed E-state index contributed by atoms with van der Waals surface area (Å²) in [5.74, 6) is 0. The first-order chi connectivity index (χ1) is 17.3. The highest BCUT2D eigenvalue weighted by molar-refractivity contribution is 5.68. The number of hydrogen-bond donors (Lipinski definition) is 2. The lowest BCUT2D eigenvalue weighted by molar-refractivity contribution is 0.0657. The fourth-order valence-corrected chi connectivity index (χ4v) is 3.80. The molecule has 0 radical (unpaired) electrons. The Kier molecular flexibility index (Phi) is 10.4. The SMILES string of the molecule is N[C@@H]1CCN(C(=O)OCc2ccccc2)C[C@H]1F.N[C@H]1CCN(C(=O)OCc2ccccc2)C[C@@H]1F. The van der Waals surface area contributed by atoms with Crippen LogP contribution in [0.4, 0.5) is 18.4 Å². The van der Waals surface area contributed by atoms with Gasteiger partial charge in [0.1, 0.15) is 25.6 Å². The van der Waals surface area contributed by atoms with Crippen LogP contribution in [0.5, 0.6) is 0 Å². The second-order valence-corrected chi connectivity index (χ2v) is 8.91. The minimum atomic E-state index is -1.16. The summed E-state index contributed by atoms with van der Waals surface area (Å²) >= 11 is 0. The van der Waals surface area contributed by atoms with Crippen LogP contribution in [0.25, 0.3) is 0 Å². The number of rotatable bonds is 4. The van der Waals surface area contributed by atoms with Crippen molar-refractivity contribution < 1.29 is 27.8 Å². The normalized spacial score (nSPS) is 23.8. The summed E-state index contributed by atoms with van der Waals surface area (Å²) in [4.78, 5) is 26.2. The fourth-order valence-electron chi connectivity index (χ4n) is 3.80. The second-order valence-electron chi connectivity index (χ2n) is 8.91. The Bertz CT molecular complexity index is 876. The Labute approximate surface area is 210 Å². The number of carbonyl (C=O) groups excluding carboxylic acids is 2. The molecule has 4 N–H and O–H groups in total. The standard InChI is InChI=1S/2C13H17FN2O2/c2*14-11-8-16(7-6-12(11)15)13(17)18-9-10-4-2-1-3-5-10/h2*1-5,11-12H,6-9,15H2/t2*11-,12-/m10/s1. The molecule has 0 spiro atoms. The Morgan fingerprint density at radius 1 is 0.722 bits per heavy atom. The van der Waals surface area contributed by atoms with E-state index in [-0.39, 0.29) is 26.3 Å². The molecule has 2 aromatic rings. The lowest BCUT2D eigenvalue weighted by Crippen LogP contribution is -2.50. The quantitative estimate of drug-likeness (QED) is 0.660. The second kappa shape index (κ2) is 13.7. The predicted molar refractivity (Wildman–Crippen MR) is 131 cm³/mol. The molecule has 196 valence electrons. The molecular weight excluding hydrogens is 470 g/mol. The van der Waals surface area contributed by atoms with Crippen LogP contribution in [0.15, 0.2) is 60.7 Å². The highest BCUT2D eigenvalue weighted by atomic mass is 19.1. The van der Waals surface area contributed by atoms with Gasteiger partial charge in [-0.1, -0.05) is 60.7 Å². The van der Waals surface area contributed by atoms with Crippen LogP contribution in [-0.2, 0) is 22.7 Å². The van der Waals surface area contributed by atoms with E-state index in [4.69, 9.17) is 20.9 Å². The molecule has 4 atom stereocenters. The summed E-state index contributed by atoms with van der Waals surface area (Å²) in [5.41, 5.74) is 12.9. The molecule has 2 saturated heterocycles. The van der Waals surface area contributed by atoms with Gasteiger partial charge >= 0.3 is 12.2 Å². The van der Waals surface area contributed by atoms with Gasteiger partial charge in [-0.3, -0.25) is 0 Å². The Morgan fingerprint density at radius 3 is 1.42 bits per heavy atom. The molecule has 10 heteroatoms. The summed E-state index contributed by atoms with van der Waals surface area (Å²) < 4.78 is 37.0. The van der Waals surface area contributed by atoms with Crippen molar-refractivity contribution in [3.8, 4) is 0 Å². The lowest BCUT2D eigenvalue weighted by Gasteiger charge is -2.32. The zero-order valence-corrected chi connectivity index (χ0v) is 20.2. The maximum atomic E-state index is 13.4. The van der Waals surface area contributed by atoms with Crippen molar-refractivity contribution in [1.82, 2.24) is 9.80 Å². The van der Waals surface area contributed by atoms with Crippen molar-refractivity contribution in [2.75, 3.05) is 26.2 Å². The molecule has 4 rings (SSSR count). The van der Waals surface area contributed by atoms with Gasteiger partial charge in [0.25, 0.3) is 0 Å². The summed E-state index contributed by atoms with van der Waals surface area (Å²) in [5, 5.41) is 0. The summed E-state index contributed by atoms with van der Waals surface area (Å²) in [6.45, 7) is 1.37. The van der Waals surface area contributed by atoms with Gasteiger partial charge < -0.3 is 30.7 Å². The number of halogens is 2. The number of likely N-dealkylation sites (tertiary alicyclic amines) is 2. The zero-order chi connectivity index (χ0) is 25.9. The maximum Gasteiger partial charge on any atom is 0.410 e. The van der Waals surface area contributed by atoms with Gasteiger partial charge in [0.2, 0.25) is 0 Å². The highest BCUT2D eigenvalue weighted by Crippen LogP contribution is 2.15. The van der Waals surface area contributed by atoms with Gasteiger partial charge in [-0.05, 0) is 24.0 Å². The molecule has 2 aromatic carbocycles. The average molecular weight is 505 g/mol. The summed E-state index contributed by atoms with van der Waals surface area (Å²) in [7, 11) is 0. The number of nitrogens with zero attached hydrogens (tertiary/aromatic N) is 2. The number of alkyl halides is 2. The van der Waals surface area contributed by atoms with Gasteiger partial charge in [0, 0.05) is 25.2 Å². The first kappa shape index (κ1) is 27.3. The molecule has 2 heterocycles. The number of nitrogens with two attached hydrogens (primary N) is 2. The molecule has 2 aliphatic rings. The van der Waals surface area contributed by atoms with Gasteiger partial charge in [0.15, 0.2) is 0 Å². The van der Waals surface area contributed by atoms with Crippen LogP contribution in [0.1, 0.15) is 24.0 Å². The van der Waals surface area contributed by atoms with Gasteiger partial charge in [-0.2, -0.15) is 0 Å². The van der Waals surface area contributed by atoms with E-state index >= 15 is 0 Å². The third-order valence-corrected chi connectivity index (χ3v) is 6.11. The van der Waals surface area contributed by atoms with Crippen molar-refractivity contribution >= 4 is 12.2 Å². The molecule has 0 saturated carbocycles. The number of amides is 2. The van der Waals surface area contributed by atoms with Crippen molar-refractivity contribution in [3.63, 3.8) is 0 Å². The average Bonchev–Trinajstić information content (AvgIpc) is 2.90. The number of carbonyl (C=O) groups is 2. The zero-order valence-electron chi connectivity index (χ0n) is 20.2. The van der Waals surface area contributed by atoms with Gasteiger partial charge in [-0.25, -0.2) is 18.4 Å². The Morgan fingerprint density at radius 2 is 1.08 bits per heavy atom. The van der Waals surface area contributed by atoms with Crippen molar-refractivity contribution in [2.24, 2.45) is 11.5 Å². The number of benzene rings is 2. The van der Waals surface area contributed by atoms with E-state index in [0.29, 0.717) is 25.9 Å². The van der Waals surface area contributed by atoms with E-state index in [2.05, 4.69) is 0 Å². The smallest absolute Gasteiger partial charge is 0.410 e. The van der Waals surface area contributed by atoms with Crippen LogP contribution in [-0.4, -0.2) is 72.6 Å². The van der Waals surface area contributed by atoms with E-state index in [1.807, 2.05) is 60.7 Å². The Hall–Kier alpha value is -3.24. The lowest BCUT2D eigenvalue weighted by atomic mass is 10.1. The topological polar surface area (TPSA) is 111 Å². The molecule has 0 aromatic heterocycles. The van der Waals surface area contributed by atoms with E-state index < -0.39 is 36.6 Å². The van der Waals surface area contributed by atoms with Gasteiger partial charge in [0.05, 0.1) is 13.1 Å². The van der Waals surface area contributed by atoms with Crippen LogP contribution < -0.4 is 11.5 Å². The third kappa shape index (κ3) is 8.46. The molecule has 0 unspecified atom stereocenters. The molecule has 0 aliphatic carbocycles. The maximum absolute atomic E-state index is 13.4. The highest BCUT2D eigenvalue weighted by Gasteiger charge is 2.30. The van der Waals surface area contributed by atoms with E-state index in [1.54, 1.807) is 0 Å². The number of hydrogen-bond acceptors (Lipinski definition) is 6. The molecule has 8 nitrogen and oxygen atoms in total. The van der Waals surface area contributed by atoms with Gasteiger partial charge in [-0.15, -0.1) is 0 Å². The molecule has 2 fully saturated rings. The van der Waals surface area contributed by atoms with Crippen molar-refractivity contribution in [1.29, 1.82) is 0 Å². The van der Waals surface area contributed by atoms with Crippen LogP contribution in [0.3, 0.4) is 0 Å². The number of ether oxygens (including phenoxy) is 2. The molecule has 2 aliphatic heterocycles. The van der Waals surface area contributed by atoms with E-state index in [0.717, 1.165) is 11.1 Å². The fraction of sp³-hybridized carbons (Fsp3) is 0.462. The first-order valence-corrected chi connectivity index (χ1v) is 12.0. The summed E-state index contributed by atoms with van der Waals surface area (Å²) in [6.07, 6.45) is -2.34. The largest absolute Gasteiger partial charge is 0.445 e. The van der Waals surface area contributed by atoms with Crippen LogP contribution in [0.2, 0.25) is 0 Å². The van der Waals surface area contributed by atoms with Crippen molar-refractivity contribution in [2.45, 2.75) is 50.5 Å². The molecule has 0 bridgehead atoms. The molecule has 36 heavy (non-hydrogen) atoms. The minimum Gasteiger partial charge on any atom is -0.445 e. The number of piperidine rings is 2. The van der Waals surface area contributed by atoms with E-state index in [9.17, 15) is 18.4 Å². The summed E-state index contributed by atoms with van der Waals surface area (Å²) in [6, 6.07) is 17.8. The first-order valence-electron chi connectivity index (χ1n) is 12.0.